The maximum atomic E-state index is 12.5. The third-order valence-corrected chi connectivity index (χ3v) is 7.41. The number of nitrogen functional groups attached to an aromatic ring is 1. The molecule has 1 atom stereocenters. The van der Waals surface area contributed by atoms with Gasteiger partial charge in [0.25, 0.3) is 0 Å². The molecular weight excluding hydrogens is 490 g/mol. The van der Waals surface area contributed by atoms with Crippen molar-refractivity contribution in [2.24, 2.45) is 0 Å². The Morgan fingerprint density at radius 1 is 0.974 bits per heavy atom. The summed E-state index contributed by atoms with van der Waals surface area (Å²) in [5, 5.41) is 20.3. The first-order valence-corrected chi connectivity index (χ1v) is 13.2. The fourth-order valence-corrected chi connectivity index (χ4v) is 5.22. The third kappa shape index (κ3) is 5.73. The lowest BCUT2D eigenvalue weighted by Crippen LogP contribution is -2.44. The molecule has 0 aliphatic carbocycles. The molecule has 0 aliphatic rings. The summed E-state index contributed by atoms with van der Waals surface area (Å²) in [7, 11) is 1.63. The van der Waals surface area contributed by atoms with Crippen LogP contribution in [0.2, 0.25) is 0 Å². The number of nitrogens with one attached hydrogen (secondary N) is 2. The largest absolute Gasteiger partial charge is 0.399 e. The van der Waals surface area contributed by atoms with Crippen LogP contribution in [0.5, 0.6) is 0 Å². The van der Waals surface area contributed by atoms with E-state index in [2.05, 4.69) is 59.2 Å². The number of aromatic nitrogens is 1. The van der Waals surface area contributed by atoms with Crippen LogP contribution >= 0.6 is 11.3 Å². The van der Waals surface area contributed by atoms with Gasteiger partial charge in [-0.2, -0.15) is 5.26 Å². The molecule has 0 spiro atoms. The van der Waals surface area contributed by atoms with Gasteiger partial charge in [0.05, 0.1) is 23.4 Å². The molecule has 5 rings (SSSR count). The van der Waals surface area contributed by atoms with Gasteiger partial charge in [0.1, 0.15) is 5.01 Å². The summed E-state index contributed by atoms with van der Waals surface area (Å²) in [5.74, 6) is -0.0874. The summed E-state index contributed by atoms with van der Waals surface area (Å²) < 4.78 is 0. The molecule has 4 aromatic carbocycles. The SMILES string of the molecule is CNC(=O)[C@H](Cc1ccc(C#N)cc1)NCc1csc(-c2cccc(-c3ccc4cc(N)ccc4c3)c2)n1. The highest BCUT2D eigenvalue weighted by molar-refractivity contribution is 7.13. The second kappa shape index (κ2) is 11.3. The fourth-order valence-electron chi connectivity index (χ4n) is 4.41. The van der Waals surface area contributed by atoms with Gasteiger partial charge in [-0.25, -0.2) is 4.98 Å². The maximum absolute atomic E-state index is 12.5. The van der Waals surface area contributed by atoms with Gasteiger partial charge >= 0.3 is 0 Å². The normalized spacial score (nSPS) is 11.7. The molecule has 0 bridgehead atoms. The van der Waals surface area contributed by atoms with Crippen LogP contribution in [0.3, 0.4) is 0 Å². The Balaban J connectivity index is 1.30. The van der Waals surface area contributed by atoms with Gasteiger partial charge in [0.15, 0.2) is 0 Å². The minimum absolute atomic E-state index is 0.0874. The van der Waals surface area contributed by atoms with Crippen LogP contribution < -0.4 is 16.4 Å². The molecule has 1 amide bonds. The number of nitrogens with two attached hydrogens (primary N) is 1. The van der Waals surface area contributed by atoms with Crippen LogP contribution in [0.25, 0.3) is 32.5 Å². The predicted molar refractivity (Wildman–Crippen MR) is 154 cm³/mol. The smallest absolute Gasteiger partial charge is 0.237 e. The molecule has 0 fully saturated rings. The third-order valence-electron chi connectivity index (χ3n) is 6.47. The molecule has 1 heterocycles. The standard InChI is InChI=1S/C31H27N5OS/c1-34-30(37)29(13-20-5-7-21(17-32)8-6-20)35-18-28-19-38-31(36-28)26-4-2-3-22(15-26)23-9-10-25-16-27(33)12-11-24(25)14-23/h2-12,14-16,19,29,35H,13,18,33H2,1H3,(H,34,37)/t29-/m0/s1. The Labute approximate surface area is 225 Å². The highest BCUT2D eigenvalue weighted by atomic mass is 32.1. The van der Waals surface area contributed by atoms with Gasteiger partial charge in [-0.1, -0.05) is 48.5 Å². The second-order valence-electron chi connectivity index (χ2n) is 9.11. The number of amides is 1. The van der Waals surface area contributed by atoms with Crippen LogP contribution in [0, 0.1) is 11.3 Å². The molecule has 7 heteroatoms. The molecule has 1 aromatic heterocycles. The zero-order chi connectivity index (χ0) is 26.5. The lowest BCUT2D eigenvalue weighted by atomic mass is 9.99. The van der Waals surface area contributed by atoms with E-state index in [1.165, 1.54) is 0 Å². The number of fused-ring (bicyclic) bond motifs is 1. The molecule has 5 aromatic rings. The molecule has 0 aliphatic heterocycles. The van der Waals surface area contributed by atoms with E-state index in [-0.39, 0.29) is 5.91 Å². The number of thiazole rings is 1. The van der Waals surface area contributed by atoms with Crippen molar-refractivity contribution < 1.29 is 4.79 Å². The van der Waals surface area contributed by atoms with E-state index in [9.17, 15) is 4.79 Å². The van der Waals surface area contributed by atoms with Crippen LogP contribution in [-0.2, 0) is 17.8 Å². The van der Waals surface area contributed by atoms with Crippen molar-refractivity contribution in [1.82, 2.24) is 15.6 Å². The van der Waals surface area contributed by atoms with Gasteiger partial charge in [0.2, 0.25) is 5.91 Å². The number of carbonyl (C=O) groups excluding carboxylic acids is 1. The number of hydrogen-bond acceptors (Lipinski definition) is 6. The maximum Gasteiger partial charge on any atom is 0.237 e. The van der Waals surface area contributed by atoms with Crippen molar-refractivity contribution in [3.05, 3.63) is 107 Å². The lowest BCUT2D eigenvalue weighted by molar-refractivity contribution is -0.122. The number of likely N-dealkylation sites (N-methyl/N-ethyl adjacent to an activating group) is 1. The summed E-state index contributed by atoms with van der Waals surface area (Å²) >= 11 is 1.59. The monoisotopic (exact) mass is 517 g/mol. The summed E-state index contributed by atoms with van der Waals surface area (Å²) in [6, 6.07) is 29.7. The average molecular weight is 518 g/mol. The van der Waals surface area contributed by atoms with Gasteiger partial charge in [-0.3, -0.25) is 10.1 Å². The number of benzene rings is 4. The van der Waals surface area contributed by atoms with Crippen molar-refractivity contribution in [3.8, 4) is 27.8 Å². The fraction of sp³-hybridized carbons (Fsp3) is 0.129. The number of anilines is 1. The van der Waals surface area contributed by atoms with E-state index in [1.807, 2.05) is 35.7 Å². The molecule has 38 heavy (non-hydrogen) atoms. The number of nitrogens with zero attached hydrogens (tertiary/aromatic N) is 2. The van der Waals surface area contributed by atoms with E-state index >= 15 is 0 Å². The first-order chi connectivity index (χ1) is 18.5. The Morgan fingerprint density at radius 3 is 2.50 bits per heavy atom. The molecule has 4 N–H and O–H groups in total. The van der Waals surface area contributed by atoms with Crippen molar-refractivity contribution >= 4 is 33.7 Å². The van der Waals surface area contributed by atoms with Crippen molar-refractivity contribution in [3.63, 3.8) is 0 Å². The van der Waals surface area contributed by atoms with Crippen LogP contribution in [0.4, 0.5) is 5.69 Å². The van der Waals surface area contributed by atoms with E-state index in [1.54, 1.807) is 30.5 Å². The zero-order valence-electron chi connectivity index (χ0n) is 20.9. The van der Waals surface area contributed by atoms with E-state index in [4.69, 9.17) is 16.0 Å². The topological polar surface area (TPSA) is 104 Å². The molecule has 0 radical (unpaired) electrons. The number of rotatable bonds is 8. The summed E-state index contributed by atoms with van der Waals surface area (Å²) in [4.78, 5) is 17.3. The summed E-state index contributed by atoms with van der Waals surface area (Å²) in [6.45, 7) is 0.471. The average Bonchev–Trinajstić information content (AvgIpc) is 3.44. The lowest BCUT2D eigenvalue weighted by Gasteiger charge is -2.17. The van der Waals surface area contributed by atoms with Gasteiger partial charge in [-0.05, 0) is 70.3 Å². The van der Waals surface area contributed by atoms with Crippen LogP contribution in [-0.4, -0.2) is 24.0 Å². The minimum atomic E-state index is -0.412. The van der Waals surface area contributed by atoms with Crippen LogP contribution in [0.1, 0.15) is 16.8 Å². The van der Waals surface area contributed by atoms with E-state index < -0.39 is 6.04 Å². The van der Waals surface area contributed by atoms with Gasteiger partial charge < -0.3 is 11.1 Å². The van der Waals surface area contributed by atoms with Gasteiger partial charge in [0, 0.05) is 30.2 Å². The second-order valence-corrected chi connectivity index (χ2v) is 9.96. The zero-order valence-corrected chi connectivity index (χ0v) is 21.8. The van der Waals surface area contributed by atoms with Crippen molar-refractivity contribution in [2.45, 2.75) is 19.0 Å². The molecule has 6 nitrogen and oxygen atoms in total. The van der Waals surface area contributed by atoms with E-state index in [0.29, 0.717) is 18.5 Å². The van der Waals surface area contributed by atoms with E-state index in [0.717, 1.165) is 49.4 Å². The summed E-state index contributed by atoms with van der Waals surface area (Å²) in [5.41, 5.74) is 12.5. The molecule has 0 saturated carbocycles. The molecular formula is C31H27N5OS. The number of carbonyl (C=O) groups is 1. The highest BCUT2D eigenvalue weighted by Gasteiger charge is 2.18. The Kier molecular flexibility index (Phi) is 7.45. The molecule has 0 saturated heterocycles. The van der Waals surface area contributed by atoms with Crippen LogP contribution in [0.15, 0.2) is 90.3 Å². The minimum Gasteiger partial charge on any atom is -0.399 e. The first kappa shape index (κ1) is 25.2. The Bertz CT molecular complexity index is 1630. The number of nitriles is 1. The van der Waals surface area contributed by atoms with Gasteiger partial charge in [-0.15, -0.1) is 11.3 Å². The predicted octanol–water partition coefficient (Wildman–Crippen LogP) is 5.53. The highest BCUT2D eigenvalue weighted by Crippen LogP contribution is 2.30. The summed E-state index contributed by atoms with van der Waals surface area (Å²) in [6.07, 6.45) is 0.517. The Morgan fingerprint density at radius 2 is 1.71 bits per heavy atom. The van der Waals surface area contributed by atoms with Crippen molar-refractivity contribution in [1.29, 1.82) is 5.26 Å². The van der Waals surface area contributed by atoms with Crippen molar-refractivity contribution in [2.75, 3.05) is 12.8 Å². The Hall–Kier alpha value is -4.51. The quantitative estimate of drug-likeness (QED) is 0.235. The molecule has 0 unspecified atom stereocenters. The number of hydrogen-bond donors (Lipinski definition) is 3. The molecule has 188 valence electrons. The first-order valence-electron chi connectivity index (χ1n) is 12.3.